The molecular weight excluding hydrogens is 412 g/mol. The van der Waals surface area contributed by atoms with Gasteiger partial charge in [-0.05, 0) is 80.7 Å². The fraction of sp³-hybridized carbons (Fsp3) is 0.407. The molecule has 166 valence electrons. The zero-order chi connectivity index (χ0) is 22.2. The van der Waals surface area contributed by atoms with E-state index in [0.29, 0.717) is 6.04 Å². The molecule has 0 unspecified atom stereocenters. The largest absolute Gasteiger partial charge is 0.352 e. The van der Waals surface area contributed by atoms with Crippen molar-refractivity contribution in [3.05, 3.63) is 82.9 Å². The Bertz CT molecular complexity index is 1110. The maximum atomic E-state index is 5.93. The van der Waals surface area contributed by atoms with E-state index in [9.17, 15) is 0 Å². The van der Waals surface area contributed by atoms with Gasteiger partial charge < -0.3 is 14.8 Å². The van der Waals surface area contributed by atoms with Gasteiger partial charge in [0, 0.05) is 29.3 Å². The molecule has 3 aromatic rings. The van der Waals surface area contributed by atoms with Crippen molar-refractivity contribution in [2.24, 2.45) is 0 Å². The molecule has 0 amide bonds. The molecule has 1 N–H and O–H groups in total. The van der Waals surface area contributed by atoms with Crippen LogP contribution < -0.4 is 5.32 Å². The Kier molecular flexibility index (Phi) is 5.76. The van der Waals surface area contributed by atoms with Gasteiger partial charge in [0.15, 0.2) is 5.11 Å². The van der Waals surface area contributed by atoms with Crippen molar-refractivity contribution in [1.29, 1.82) is 0 Å². The van der Waals surface area contributed by atoms with E-state index in [-0.39, 0.29) is 12.1 Å². The van der Waals surface area contributed by atoms with Crippen LogP contribution in [-0.2, 0) is 6.42 Å². The van der Waals surface area contributed by atoms with Crippen LogP contribution in [0.1, 0.15) is 72.9 Å². The van der Waals surface area contributed by atoms with Crippen molar-refractivity contribution in [3.63, 3.8) is 0 Å². The first-order valence-electron chi connectivity index (χ1n) is 11.9. The van der Waals surface area contributed by atoms with Gasteiger partial charge in [0.25, 0.3) is 0 Å². The first-order chi connectivity index (χ1) is 15.6. The molecule has 4 nitrogen and oxygen atoms in total. The number of hydrogen-bond donors (Lipinski definition) is 1. The van der Waals surface area contributed by atoms with E-state index < -0.39 is 0 Å². The summed E-state index contributed by atoms with van der Waals surface area (Å²) in [5.74, 6) is 0. The summed E-state index contributed by atoms with van der Waals surface area (Å²) >= 11 is 5.93. The number of thiocarbonyl (C=S) groups is 1. The van der Waals surface area contributed by atoms with Gasteiger partial charge in [-0.1, -0.05) is 44.0 Å². The van der Waals surface area contributed by atoms with Crippen LogP contribution in [0.5, 0.6) is 0 Å². The zero-order valence-corrected chi connectivity index (χ0v) is 20.0. The van der Waals surface area contributed by atoms with Crippen LogP contribution in [0.3, 0.4) is 0 Å². The minimum Gasteiger partial charge on any atom is -0.352 e. The summed E-state index contributed by atoms with van der Waals surface area (Å²) in [5, 5.41) is 4.52. The fourth-order valence-corrected chi connectivity index (χ4v) is 6.15. The van der Waals surface area contributed by atoms with Crippen molar-refractivity contribution >= 4 is 17.3 Å². The first kappa shape index (κ1) is 21.2. The van der Waals surface area contributed by atoms with Gasteiger partial charge in [-0.15, -0.1) is 0 Å². The van der Waals surface area contributed by atoms with E-state index in [2.05, 4.69) is 78.0 Å². The summed E-state index contributed by atoms with van der Waals surface area (Å²) in [4.78, 5) is 7.22. The van der Waals surface area contributed by atoms with E-state index in [1.54, 1.807) is 0 Å². The lowest BCUT2D eigenvalue weighted by Crippen LogP contribution is -2.37. The van der Waals surface area contributed by atoms with E-state index in [4.69, 9.17) is 17.2 Å². The maximum Gasteiger partial charge on any atom is 0.170 e. The van der Waals surface area contributed by atoms with E-state index in [0.717, 1.165) is 17.2 Å². The monoisotopic (exact) mass is 444 g/mol. The van der Waals surface area contributed by atoms with Gasteiger partial charge in [-0.3, -0.25) is 4.98 Å². The number of benzene rings is 1. The van der Waals surface area contributed by atoms with Crippen LogP contribution in [0.25, 0.3) is 5.69 Å². The molecule has 1 saturated carbocycles. The molecule has 32 heavy (non-hydrogen) atoms. The number of aromatic nitrogens is 2. The molecule has 1 aromatic carbocycles. The molecule has 2 aliphatic rings. The third-order valence-electron chi connectivity index (χ3n) is 7.26. The topological polar surface area (TPSA) is 33.1 Å². The number of aryl methyl sites for hydroxylation is 2. The molecule has 1 saturated heterocycles. The summed E-state index contributed by atoms with van der Waals surface area (Å²) in [7, 11) is 0. The Morgan fingerprint density at radius 2 is 1.81 bits per heavy atom. The van der Waals surface area contributed by atoms with Gasteiger partial charge in [0.05, 0.1) is 17.8 Å². The number of para-hydroxylation sites is 1. The highest BCUT2D eigenvalue weighted by molar-refractivity contribution is 7.80. The Balaban J connectivity index is 1.65. The van der Waals surface area contributed by atoms with Crippen molar-refractivity contribution in [2.45, 2.75) is 71.0 Å². The van der Waals surface area contributed by atoms with Gasteiger partial charge in [-0.25, -0.2) is 0 Å². The number of nitrogens with one attached hydrogen (secondary N) is 1. The smallest absolute Gasteiger partial charge is 0.170 e. The third kappa shape index (κ3) is 3.53. The molecule has 2 aromatic heterocycles. The Morgan fingerprint density at radius 3 is 2.53 bits per heavy atom. The van der Waals surface area contributed by atoms with Crippen molar-refractivity contribution in [2.75, 3.05) is 0 Å². The molecule has 2 fully saturated rings. The van der Waals surface area contributed by atoms with Crippen LogP contribution in [0, 0.1) is 13.8 Å². The number of rotatable bonds is 5. The van der Waals surface area contributed by atoms with Crippen LogP contribution in [0.2, 0.25) is 0 Å². The average molecular weight is 445 g/mol. The van der Waals surface area contributed by atoms with Crippen molar-refractivity contribution in [1.82, 2.24) is 19.8 Å². The highest BCUT2D eigenvalue weighted by Crippen LogP contribution is 2.44. The Labute approximate surface area is 196 Å². The Hall–Kier alpha value is -2.66. The molecule has 0 spiro atoms. The molecule has 0 radical (unpaired) electrons. The zero-order valence-electron chi connectivity index (χ0n) is 19.2. The SMILES string of the molecule is CCc1ccccc1-n1c(C)cc([C@H]2[C@H](c3ccccn3)NC(=S)N2C2CCCC2)c1C. The molecule has 5 rings (SSSR count). The van der Waals surface area contributed by atoms with Crippen molar-refractivity contribution in [3.8, 4) is 5.69 Å². The van der Waals surface area contributed by atoms with Gasteiger partial charge in [-0.2, -0.15) is 0 Å². The van der Waals surface area contributed by atoms with Crippen LogP contribution in [0.15, 0.2) is 54.7 Å². The first-order valence-corrected chi connectivity index (χ1v) is 12.3. The quantitative estimate of drug-likeness (QED) is 0.492. The molecule has 5 heteroatoms. The minimum atomic E-state index is 0.0552. The summed E-state index contributed by atoms with van der Waals surface area (Å²) in [6.45, 7) is 6.71. The van der Waals surface area contributed by atoms with Crippen LogP contribution >= 0.6 is 12.2 Å². The van der Waals surface area contributed by atoms with Crippen LogP contribution in [-0.4, -0.2) is 25.6 Å². The van der Waals surface area contributed by atoms with Gasteiger partial charge >= 0.3 is 0 Å². The molecular formula is C27H32N4S. The summed E-state index contributed by atoms with van der Waals surface area (Å²) in [6.07, 6.45) is 7.90. The van der Waals surface area contributed by atoms with Crippen LogP contribution in [0.4, 0.5) is 0 Å². The lowest BCUT2D eigenvalue weighted by Gasteiger charge is -2.33. The second kappa shape index (κ2) is 8.70. The van der Waals surface area contributed by atoms with E-state index >= 15 is 0 Å². The molecule has 3 heterocycles. The average Bonchev–Trinajstić information content (AvgIpc) is 3.52. The second-order valence-corrected chi connectivity index (χ2v) is 9.50. The molecule has 0 bridgehead atoms. The molecule has 1 aliphatic carbocycles. The summed E-state index contributed by atoms with van der Waals surface area (Å²) in [5.41, 5.74) is 7.62. The molecule has 2 atom stereocenters. The number of hydrogen-bond acceptors (Lipinski definition) is 2. The standard InChI is InChI=1S/C27H32N4S/c1-4-20-11-5-8-15-24(20)30-18(2)17-22(19(30)3)26-25(23-14-9-10-16-28-23)29-27(32)31(26)21-12-6-7-13-21/h5,8-11,14-17,21,25-26H,4,6-7,12-13H2,1-3H3,(H,29,32)/t25-,26-/m0/s1. The maximum absolute atomic E-state index is 5.93. The highest BCUT2D eigenvalue weighted by atomic mass is 32.1. The number of pyridine rings is 1. The summed E-state index contributed by atoms with van der Waals surface area (Å²) < 4.78 is 2.43. The fourth-order valence-electron chi connectivity index (χ4n) is 5.76. The summed E-state index contributed by atoms with van der Waals surface area (Å²) in [6, 6.07) is 18.0. The Morgan fingerprint density at radius 1 is 1.06 bits per heavy atom. The van der Waals surface area contributed by atoms with E-state index in [1.165, 1.54) is 53.9 Å². The van der Waals surface area contributed by atoms with Crippen molar-refractivity contribution < 1.29 is 0 Å². The minimum absolute atomic E-state index is 0.0552. The second-order valence-electron chi connectivity index (χ2n) is 9.12. The van der Waals surface area contributed by atoms with E-state index in [1.807, 2.05) is 12.3 Å². The third-order valence-corrected chi connectivity index (χ3v) is 7.58. The highest BCUT2D eigenvalue weighted by Gasteiger charge is 2.44. The number of nitrogens with zero attached hydrogens (tertiary/aromatic N) is 3. The predicted octanol–water partition coefficient (Wildman–Crippen LogP) is 5.97. The lowest BCUT2D eigenvalue weighted by atomic mass is 9.95. The normalized spacial score (nSPS) is 21.3. The predicted molar refractivity (Wildman–Crippen MR) is 134 cm³/mol. The van der Waals surface area contributed by atoms with Gasteiger partial charge in [0.2, 0.25) is 0 Å². The van der Waals surface area contributed by atoms with Gasteiger partial charge in [0.1, 0.15) is 0 Å². The molecule has 1 aliphatic heterocycles. The lowest BCUT2D eigenvalue weighted by molar-refractivity contribution is 0.245.